The molecule has 0 bridgehead atoms. The summed E-state index contributed by atoms with van der Waals surface area (Å²) in [6.45, 7) is 6.39. The van der Waals surface area contributed by atoms with E-state index in [0.29, 0.717) is 6.42 Å². The van der Waals surface area contributed by atoms with E-state index < -0.39 is 0 Å². The third-order valence-corrected chi connectivity index (χ3v) is 4.18. The number of Topliss-reactive ketones (excluding diaryl/α,β-unsaturated/α-hetero) is 1. The molecule has 104 valence electrons. The molecule has 1 aliphatic rings. The van der Waals surface area contributed by atoms with Gasteiger partial charge in [-0.25, -0.2) is 0 Å². The van der Waals surface area contributed by atoms with Crippen LogP contribution in [0.2, 0.25) is 0 Å². The first-order valence-corrected chi connectivity index (χ1v) is 7.63. The highest BCUT2D eigenvalue weighted by molar-refractivity contribution is 6.01. The first kappa shape index (κ1) is 14.1. The first-order chi connectivity index (χ1) is 9.26. The zero-order chi connectivity index (χ0) is 13.7. The molecule has 0 spiro atoms. The number of nitrogens with zero attached hydrogens (tertiary/aromatic N) is 1. The minimum absolute atomic E-state index is 0.256. The Balaban J connectivity index is 2.09. The van der Waals surface area contributed by atoms with Crippen LogP contribution in [-0.4, -0.2) is 18.9 Å². The Bertz CT molecular complexity index is 419. The van der Waals surface area contributed by atoms with Gasteiger partial charge in [0.1, 0.15) is 0 Å². The van der Waals surface area contributed by atoms with Crippen LogP contribution in [0.15, 0.2) is 24.3 Å². The molecule has 0 unspecified atom stereocenters. The highest BCUT2D eigenvalue weighted by Crippen LogP contribution is 2.28. The van der Waals surface area contributed by atoms with Crippen molar-refractivity contribution < 1.29 is 4.79 Å². The van der Waals surface area contributed by atoms with E-state index in [2.05, 4.69) is 17.9 Å². The summed E-state index contributed by atoms with van der Waals surface area (Å²) < 4.78 is 0. The van der Waals surface area contributed by atoms with Crippen LogP contribution in [0.3, 0.4) is 0 Å². The maximum Gasteiger partial charge on any atom is 0.164 e. The molecule has 0 aromatic heterocycles. The van der Waals surface area contributed by atoms with Gasteiger partial charge in [0, 0.05) is 30.8 Å². The van der Waals surface area contributed by atoms with E-state index in [0.717, 1.165) is 30.3 Å². The van der Waals surface area contributed by atoms with Crippen molar-refractivity contribution in [2.75, 3.05) is 18.0 Å². The first-order valence-electron chi connectivity index (χ1n) is 7.63. The highest BCUT2D eigenvalue weighted by Gasteiger charge is 2.21. The molecule has 0 aliphatic carbocycles. The van der Waals surface area contributed by atoms with Crippen molar-refractivity contribution in [2.45, 2.75) is 46.0 Å². The van der Waals surface area contributed by atoms with Crippen LogP contribution >= 0.6 is 0 Å². The lowest BCUT2D eigenvalue weighted by atomic mass is 9.91. The molecular weight excluding hydrogens is 234 g/mol. The zero-order valence-corrected chi connectivity index (χ0v) is 12.2. The fourth-order valence-electron chi connectivity index (χ4n) is 3.05. The maximum atomic E-state index is 12.0. The van der Waals surface area contributed by atoms with Gasteiger partial charge in [-0.05, 0) is 30.9 Å². The molecule has 1 heterocycles. The lowest BCUT2D eigenvalue weighted by Gasteiger charge is -2.34. The van der Waals surface area contributed by atoms with Crippen LogP contribution in [0.1, 0.15) is 56.3 Å². The van der Waals surface area contributed by atoms with E-state index in [1.165, 1.54) is 25.7 Å². The largest absolute Gasteiger partial charge is 0.371 e. The van der Waals surface area contributed by atoms with E-state index in [4.69, 9.17) is 0 Å². The second-order valence-corrected chi connectivity index (χ2v) is 5.51. The zero-order valence-electron chi connectivity index (χ0n) is 12.2. The number of para-hydroxylation sites is 1. The molecule has 0 N–H and O–H groups in total. The molecular formula is C17H25NO. The summed E-state index contributed by atoms with van der Waals surface area (Å²) in [5.74, 6) is 1.14. The molecule has 0 atom stereocenters. The van der Waals surface area contributed by atoms with Crippen molar-refractivity contribution in [1.29, 1.82) is 0 Å². The molecule has 1 fully saturated rings. The summed E-state index contributed by atoms with van der Waals surface area (Å²) in [7, 11) is 0. The van der Waals surface area contributed by atoms with Crippen molar-refractivity contribution in [3.05, 3.63) is 29.8 Å². The average molecular weight is 259 g/mol. The van der Waals surface area contributed by atoms with Crippen molar-refractivity contribution in [3.8, 4) is 0 Å². The summed E-state index contributed by atoms with van der Waals surface area (Å²) >= 11 is 0. The molecule has 1 aromatic carbocycles. The molecule has 2 nitrogen and oxygen atoms in total. The molecule has 0 saturated carbocycles. The van der Waals surface area contributed by atoms with Gasteiger partial charge in [0.05, 0.1) is 0 Å². The molecule has 0 amide bonds. The van der Waals surface area contributed by atoms with E-state index in [-0.39, 0.29) is 5.78 Å². The fraction of sp³-hybridized carbons (Fsp3) is 0.588. The van der Waals surface area contributed by atoms with Crippen LogP contribution < -0.4 is 4.90 Å². The van der Waals surface area contributed by atoms with Crippen molar-refractivity contribution in [1.82, 2.24) is 0 Å². The number of carbonyl (C=O) groups is 1. The number of benzene rings is 1. The highest BCUT2D eigenvalue weighted by atomic mass is 16.1. The lowest BCUT2D eigenvalue weighted by Crippen LogP contribution is -2.34. The van der Waals surface area contributed by atoms with Gasteiger partial charge < -0.3 is 4.90 Å². The quantitative estimate of drug-likeness (QED) is 0.735. The summed E-state index contributed by atoms with van der Waals surface area (Å²) in [4.78, 5) is 14.4. The van der Waals surface area contributed by atoms with Gasteiger partial charge in [0.15, 0.2) is 5.78 Å². The summed E-state index contributed by atoms with van der Waals surface area (Å²) in [6.07, 6.45) is 5.76. The smallest absolute Gasteiger partial charge is 0.164 e. The Kier molecular flexibility index (Phi) is 5.00. The third-order valence-electron chi connectivity index (χ3n) is 4.18. The molecule has 0 radical (unpaired) electrons. The number of hydrogen-bond donors (Lipinski definition) is 0. The Morgan fingerprint density at radius 1 is 1.21 bits per heavy atom. The van der Waals surface area contributed by atoms with Gasteiger partial charge in [-0.3, -0.25) is 4.79 Å². The van der Waals surface area contributed by atoms with Crippen molar-refractivity contribution in [2.24, 2.45) is 5.92 Å². The van der Waals surface area contributed by atoms with Gasteiger partial charge in [-0.2, -0.15) is 0 Å². The SMILES string of the molecule is CCCC1CCN(c2ccccc2C(=O)CC)CC1. The predicted molar refractivity (Wildman–Crippen MR) is 80.9 cm³/mol. The normalized spacial score (nSPS) is 16.6. The molecule has 1 aromatic rings. The number of anilines is 1. The van der Waals surface area contributed by atoms with Crippen molar-refractivity contribution >= 4 is 11.5 Å². The average Bonchev–Trinajstić information content (AvgIpc) is 2.47. The topological polar surface area (TPSA) is 20.3 Å². The molecule has 2 heteroatoms. The Morgan fingerprint density at radius 2 is 1.89 bits per heavy atom. The monoisotopic (exact) mass is 259 g/mol. The molecule has 19 heavy (non-hydrogen) atoms. The number of ketones is 1. The minimum Gasteiger partial charge on any atom is -0.371 e. The second-order valence-electron chi connectivity index (χ2n) is 5.51. The van der Waals surface area contributed by atoms with Crippen LogP contribution in [0.25, 0.3) is 0 Å². The third kappa shape index (κ3) is 3.37. The minimum atomic E-state index is 0.256. The van der Waals surface area contributed by atoms with Crippen LogP contribution in [0.5, 0.6) is 0 Å². The molecule has 2 rings (SSSR count). The number of hydrogen-bond acceptors (Lipinski definition) is 2. The lowest BCUT2D eigenvalue weighted by molar-refractivity contribution is 0.0988. The molecule has 1 saturated heterocycles. The Hall–Kier alpha value is -1.31. The summed E-state index contributed by atoms with van der Waals surface area (Å²) in [6, 6.07) is 8.08. The summed E-state index contributed by atoms with van der Waals surface area (Å²) in [5, 5.41) is 0. The van der Waals surface area contributed by atoms with Crippen LogP contribution in [0.4, 0.5) is 5.69 Å². The standard InChI is InChI=1S/C17H25NO/c1-3-7-14-10-12-18(13-11-14)16-9-6-5-8-15(16)17(19)4-2/h5-6,8-9,14H,3-4,7,10-13H2,1-2H3. The van der Waals surface area contributed by atoms with Gasteiger partial charge in [-0.1, -0.05) is 38.8 Å². The van der Waals surface area contributed by atoms with Crippen molar-refractivity contribution in [3.63, 3.8) is 0 Å². The van der Waals surface area contributed by atoms with E-state index in [9.17, 15) is 4.79 Å². The number of rotatable bonds is 5. The Morgan fingerprint density at radius 3 is 2.53 bits per heavy atom. The fourth-order valence-corrected chi connectivity index (χ4v) is 3.05. The number of piperidine rings is 1. The van der Waals surface area contributed by atoms with Gasteiger partial charge in [-0.15, -0.1) is 0 Å². The van der Waals surface area contributed by atoms with E-state index in [1.54, 1.807) is 0 Å². The second kappa shape index (κ2) is 6.74. The molecule has 1 aliphatic heterocycles. The van der Waals surface area contributed by atoms with Crippen LogP contribution in [0, 0.1) is 5.92 Å². The number of carbonyl (C=O) groups excluding carboxylic acids is 1. The van der Waals surface area contributed by atoms with Gasteiger partial charge in [0.25, 0.3) is 0 Å². The van der Waals surface area contributed by atoms with E-state index >= 15 is 0 Å². The van der Waals surface area contributed by atoms with Gasteiger partial charge >= 0.3 is 0 Å². The predicted octanol–water partition coefficient (Wildman–Crippen LogP) is 4.30. The Labute approximate surface area is 116 Å². The van der Waals surface area contributed by atoms with Gasteiger partial charge in [0.2, 0.25) is 0 Å². The maximum absolute atomic E-state index is 12.0. The summed E-state index contributed by atoms with van der Waals surface area (Å²) in [5.41, 5.74) is 2.04. The van der Waals surface area contributed by atoms with Crippen LogP contribution in [-0.2, 0) is 0 Å². The van der Waals surface area contributed by atoms with E-state index in [1.807, 2.05) is 25.1 Å².